The number of aromatic nitrogens is 1. The minimum atomic E-state index is 0.317. The Labute approximate surface area is 120 Å². The van der Waals surface area contributed by atoms with Gasteiger partial charge in [-0.05, 0) is 42.7 Å². The lowest BCUT2D eigenvalue weighted by molar-refractivity contribution is 0.179. The summed E-state index contributed by atoms with van der Waals surface area (Å²) in [5, 5.41) is 2.24. The van der Waals surface area contributed by atoms with Gasteiger partial charge in [-0.1, -0.05) is 31.0 Å². The number of nitrogens with zero attached hydrogens (tertiary/aromatic N) is 1. The summed E-state index contributed by atoms with van der Waals surface area (Å²) in [5.74, 6) is 0.768. The maximum Gasteiger partial charge on any atom is 0.221 e. The zero-order valence-corrected chi connectivity index (χ0v) is 11.8. The van der Waals surface area contributed by atoms with E-state index in [0.29, 0.717) is 12.6 Å². The third-order valence-corrected chi connectivity index (χ3v) is 4.14. The highest BCUT2D eigenvalue weighted by Gasteiger charge is 2.16. The lowest BCUT2D eigenvalue weighted by atomic mass is 10.1. The van der Waals surface area contributed by atoms with Crippen LogP contribution in [0.2, 0.25) is 0 Å². The molecule has 0 spiro atoms. The van der Waals surface area contributed by atoms with E-state index in [9.17, 15) is 0 Å². The van der Waals surface area contributed by atoms with E-state index in [-0.39, 0.29) is 0 Å². The second kappa shape index (κ2) is 6.23. The third kappa shape index (κ3) is 2.78. The first-order chi connectivity index (χ1) is 9.88. The molecule has 20 heavy (non-hydrogen) atoms. The Hall–Kier alpha value is -1.61. The summed E-state index contributed by atoms with van der Waals surface area (Å²) in [7, 11) is 0. The summed E-state index contributed by atoms with van der Waals surface area (Å²) in [5.41, 5.74) is 6.87. The summed E-state index contributed by atoms with van der Waals surface area (Å²) in [4.78, 5) is 4.50. The molecule has 2 aromatic rings. The summed E-state index contributed by atoms with van der Waals surface area (Å²) in [6.07, 6.45) is 9.67. The van der Waals surface area contributed by atoms with Crippen molar-refractivity contribution in [3.63, 3.8) is 0 Å². The standard InChI is InChI=1S/C17H22N2O/c18-11-13-12-19-17(16-10-6-5-9-15(13)16)20-14-7-3-1-2-4-8-14/h5-6,9-10,12,14H,1-4,7-8,11,18H2. The van der Waals surface area contributed by atoms with Crippen molar-refractivity contribution in [2.45, 2.75) is 51.2 Å². The molecule has 1 fully saturated rings. The van der Waals surface area contributed by atoms with Gasteiger partial charge in [-0.15, -0.1) is 0 Å². The van der Waals surface area contributed by atoms with Crippen molar-refractivity contribution in [3.8, 4) is 5.88 Å². The maximum absolute atomic E-state index is 6.20. The molecule has 0 bridgehead atoms. The van der Waals surface area contributed by atoms with E-state index < -0.39 is 0 Å². The minimum absolute atomic E-state index is 0.317. The molecule has 0 amide bonds. The topological polar surface area (TPSA) is 48.1 Å². The Balaban J connectivity index is 1.91. The van der Waals surface area contributed by atoms with Crippen LogP contribution in [0.1, 0.15) is 44.1 Å². The number of hydrogen-bond acceptors (Lipinski definition) is 3. The molecule has 2 N–H and O–H groups in total. The van der Waals surface area contributed by atoms with Crippen LogP contribution in [0.15, 0.2) is 30.5 Å². The van der Waals surface area contributed by atoms with Gasteiger partial charge in [0, 0.05) is 18.1 Å². The minimum Gasteiger partial charge on any atom is -0.474 e. The van der Waals surface area contributed by atoms with Crippen LogP contribution in [0.25, 0.3) is 10.8 Å². The van der Waals surface area contributed by atoms with E-state index in [1.165, 1.54) is 25.7 Å². The molecule has 106 valence electrons. The zero-order valence-electron chi connectivity index (χ0n) is 11.8. The molecule has 0 radical (unpaired) electrons. The van der Waals surface area contributed by atoms with Gasteiger partial charge in [-0.2, -0.15) is 0 Å². The number of pyridine rings is 1. The second-order valence-corrected chi connectivity index (χ2v) is 5.57. The molecule has 0 unspecified atom stereocenters. The van der Waals surface area contributed by atoms with Gasteiger partial charge in [0.1, 0.15) is 6.10 Å². The SMILES string of the molecule is NCc1cnc(OC2CCCCCC2)c2ccccc12. The molecule has 0 aliphatic heterocycles. The van der Waals surface area contributed by atoms with Crippen molar-refractivity contribution in [2.24, 2.45) is 5.73 Å². The van der Waals surface area contributed by atoms with E-state index >= 15 is 0 Å². The number of ether oxygens (including phenoxy) is 1. The van der Waals surface area contributed by atoms with Crippen LogP contribution in [0.3, 0.4) is 0 Å². The van der Waals surface area contributed by atoms with Crippen molar-refractivity contribution < 1.29 is 4.74 Å². The fraction of sp³-hybridized carbons (Fsp3) is 0.471. The quantitative estimate of drug-likeness (QED) is 0.863. The lowest BCUT2D eigenvalue weighted by Crippen LogP contribution is -2.16. The molecule has 1 saturated carbocycles. The van der Waals surface area contributed by atoms with Gasteiger partial charge in [0.2, 0.25) is 5.88 Å². The summed E-state index contributed by atoms with van der Waals surface area (Å²) >= 11 is 0. The van der Waals surface area contributed by atoms with Gasteiger partial charge in [0.25, 0.3) is 0 Å². The fourth-order valence-electron chi connectivity index (χ4n) is 3.00. The van der Waals surface area contributed by atoms with Gasteiger partial charge in [0.15, 0.2) is 0 Å². The molecule has 1 heterocycles. The average Bonchev–Trinajstić information content (AvgIpc) is 2.76. The monoisotopic (exact) mass is 270 g/mol. The van der Waals surface area contributed by atoms with Crippen LogP contribution < -0.4 is 10.5 Å². The van der Waals surface area contributed by atoms with Crippen molar-refractivity contribution in [1.29, 1.82) is 0 Å². The second-order valence-electron chi connectivity index (χ2n) is 5.57. The highest BCUT2D eigenvalue weighted by Crippen LogP contribution is 2.29. The van der Waals surface area contributed by atoms with Gasteiger partial charge in [-0.3, -0.25) is 0 Å². The first kappa shape index (κ1) is 13.4. The van der Waals surface area contributed by atoms with Crippen molar-refractivity contribution >= 4 is 10.8 Å². The van der Waals surface area contributed by atoms with Gasteiger partial charge >= 0.3 is 0 Å². The van der Waals surface area contributed by atoms with E-state index in [0.717, 1.165) is 35.1 Å². The van der Waals surface area contributed by atoms with Gasteiger partial charge in [-0.25, -0.2) is 4.98 Å². The normalized spacial score (nSPS) is 17.1. The molecular weight excluding hydrogens is 248 g/mol. The zero-order chi connectivity index (χ0) is 13.8. The Bertz CT molecular complexity index is 574. The molecule has 1 aromatic carbocycles. The molecule has 3 heteroatoms. The maximum atomic E-state index is 6.20. The Morgan fingerprint density at radius 3 is 2.45 bits per heavy atom. The number of benzene rings is 1. The van der Waals surface area contributed by atoms with Crippen molar-refractivity contribution in [1.82, 2.24) is 4.98 Å². The highest BCUT2D eigenvalue weighted by atomic mass is 16.5. The Kier molecular flexibility index (Phi) is 4.16. The van der Waals surface area contributed by atoms with Crippen LogP contribution in [-0.2, 0) is 6.54 Å². The lowest BCUT2D eigenvalue weighted by Gasteiger charge is -2.18. The Morgan fingerprint density at radius 1 is 1.05 bits per heavy atom. The first-order valence-electron chi connectivity index (χ1n) is 7.62. The Morgan fingerprint density at radius 2 is 1.75 bits per heavy atom. The van der Waals surface area contributed by atoms with Crippen molar-refractivity contribution in [2.75, 3.05) is 0 Å². The third-order valence-electron chi connectivity index (χ3n) is 4.14. The fourth-order valence-corrected chi connectivity index (χ4v) is 3.00. The largest absolute Gasteiger partial charge is 0.474 e. The van der Waals surface area contributed by atoms with E-state index in [2.05, 4.69) is 17.1 Å². The molecule has 3 nitrogen and oxygen atoms in total. The molecule has 0 saturated heterocycles. The molecule has 0 atom stereocenters. The van der Waals surface area contributed by atoms with Crippen LogP contribution in [0, 0.1) is 0 Å². The summed E-state index contributed by atoms with van der Waals surface area (Å²) in [6.45, 7) is 0.511. The average molecular weight is 270 g/mol. The number of fused-ring (bicyclic) bond motifs is 1. The first-order valence-corrected chi connectivity index (χ1v) is 7.62. The van der Waals surface area contributed by atoms with Crippen molar-refractivity contribution in [3.05, 3.63) is 36.0 Å². The van der Waals surface area contributed by atoms with Gasteiger partial charge in [0.05, 0.1) is 0 Å². The van der Waals surface area contributed by atoms with E-state index in [1.54, 1.807) is 0 Å². The van der Waals surface area contributed by atoms with Crippen LogP contribution in [0.5, 0.6) is 5.88 Å². The predicted octanol–water partition coefficient (Wildman–Crippen LogP) is 3.80. The highest BCUT2D eigenvalue weighted by molar-refractivity contribution is 5.89. The van der Waals surface area contributed by atoms with Crippen LogP contribution in [0.4, 0.5) is 0 Å². The number of hydrogen-bond donors (Lipinski definition) is 1. The molecular formula is C17H22N2O. The van der Waals surface area contributed by atoms with Gasteiger partial charge < -0.3 is 10.5 Å². The number of nitrogens with two attached hydrogens (primary N) is 1. The molecule has 1 aromatic heterocycles. The molecule has 1 aliphatic carbocycles. The molecule has 3 rings (SSSR count). The number of rotatable bonds is 3. The molecule has 1 aliphatic rings. The van der Waals surface area contributed by atoms with Crippen LogP contribution in [-0.4, -0.2) is 11.1 Å². The summed E-state index contributed by atoms with van der Waals surface area (Å²) < 4.78 is 6.20. The summed E-state index contributed by atoms with van der Waals surface area (Å²) in [6, 6.07) is 8.24. The van der Waals surface area contributed by atoms with E-state index in [1.807, 2.05) is 18.3 Å². The van der Waals surface area contributed by atoms with E-state index in [4.69, 9.17) is 10.5 Å². The smallest absolute Gasteiger partial charge is 0.221 e. The predicted molar refractivity (Wildman–Crippen MR) is 81.8 cm³/mol. The van der Waals surface area contributed by atoms with Crippen LogP contribution >= 0.6 is 0 Å².